The molecule has 3 aliphatic heterocycles. The summed E-state index contributed by atoms with van der Waals surface area (Å²) in [6.45, 7) is 2.77. The normalized spacial score (nSPS) is 24.1. The van der Waals surface area contributed by atoms with E-state index in [1.54, 1.807) is 24.5 Å². The van der Waals surface area contributed by atoms with Gasteiger partial charge >= 0.3 is 0 Å². The number of carbonyl (C=O) groups excluding carboxylic acids is 1. The van der Waals surface area contributed by atoms with Gasteiger partial charge in [-0.15, -0.1) is 0 Å². The first-order valence-electron chi connectivity index (χ1n) is 9.49. The summed E-state index contributed by atoms with van der Waals surface area (Å²) in [6.07, 6.45) is 5.64. The molecule has 150 valence electrons. The molecule has 29 heavy (non-hydrogen) atoms. The summed E-state index contributed by atoms with van der Waals surface area (Å²) in [5.41, 5.74) is 2.98. The van der Waals surface area contributed by atoms with Crippen molar-refractivity contribution in [1.29, 1.82) is 0 Å². The van der Waals surface area contributed by atoms with Crippen LogP contribution in [-0.4, -0.2) is 48.4 Å². The Balaban J connectivity index is 1.45. The molecule has 0 amide bonds. The summed E-state index contributed by atoms with van der Waals surface area (Å²) < 4.78 is 35.5. The van der Waals surface area contributed by atoms with Crippen LogP contribution in [0.25, 0.3) is 6.08 Å². The molecule has 5 rings (SSSR count). The van der Waals surface area contributed by atoms with E-state index < -0.39 is 9.84 Å². The van der Waals surface area contributed by atoms with Crippen molar-refractivity contribution < 1.29 is 22.7 Å². The summed E-state index contributed by atoms with van der Waals surface area (Å²) in [6, 6.07) is 5.43. The quantitative estimate of drug-likeness (QED) is 0.700. The van der Waals surface area contributed by atoms with Crippen LogP contribution in [0, 0.1) is 6.92 Å². The lowest BCUT2D eigenvalue weighted by molar-refractivity contribution is 0.0637. The second kappa shape index (κ2) is 6.67. The molecule has 1 aromatic heterocycles. The molecule has 0 saturated carbocycles. The minimum Gasteiger partial charge on any atom is -0.477 e. The lowest BCUT2D eigenvalue weighted by Crippen LogP contribution is -2.41. The van der Waals surface area contributed by atoms with E-state index in [9.17, 15) is 13.2 Å². The van der Waals surface area contributed by atoms with Gasteiger partial charge in [-0.1, -0.05) is 6.07 Å². The number of carbonyl (C=O) groups is 1. The molecule has 0 bridgehead atoms. The monoisotopic (exact) mass is 412 g/mol. The maximum atomic E-state index is 12.9. The number of hydrogen-bond donors (Lipinski definition) is 0. The van der Waals surface area contributed by atoms with Gasteiger partial charge in [0, 0.05) is 36.1 Å². The maximum Gasteiger partial charge on any atom is 0.231 e. The van der Waals surface area contributed by atoms with Crippen LogP contribution in [-0.2, 0) is 16.4 Å². The average molecular weight is 412 g/mol. The van der Waals surface area contributed by atoms with Crippen molar-refractivity contribution in [2.24, 2.45) is 0 Å². The predicted octanol–water partition coefficient (Wildman–Crippen LogP) is 2.35. The number of Topliss-reactive ketones (excluding diaryl/α,β-unsaturated/α-hetero) is 1. The highest BCUT2D eigenvalue weighted by molar-refractivity contribution is 7.91. The molecular formula is C21H20N2O5S. The van der Waals surface area contributed by atoms with E-state index >= 15 is 0 Å². The van der Waals surface area contributed by atoms with E-state index in [0.29, 0.717) is 31.0 Å². The summed E-state index contributed by atoms with van der Waals surface area (Å²) >= 11 is 0. The van der Waals surface area contributed by atoms with E-state index in [1.165, 1.54) is 0 Å². The third-order valence-corrected chi connectivity index (χ3v) is 7.42. The molecule has 3 aliphatic rings. The SMILES string of the molecule is Cc1c2c(cc3c1O/C(=C\c1cccnc1)C3=O)CN(C1CCS(=O)(=O)C1)CO2. The Morgan fingerprint density at radius 1 is 1.31 bits per heavy atom. The van der Waals surface area contributed by atoms with Crippen molar-refractivity contribution in [2.75, 3.05) is 18.2 Å². The fourth-order valence-corrected chi connectivity index (χ4v) is 5.94. The van der Waals surface area contributed by atoms with Gasteiger partial charge < -0.3 is 9.47 Å². The fourth-order valence-electron chi connectivity index (χ4n) is 4.18. The number of fused-ring (bicyclic) bond motifs is 2. The van der Waals surface area contributed by atoms with Crippen LogP contribution in [0.5, 0.6) is 11.5 Å². The summed E-state index contributed by atoms with van der Waals surface area (Å²) in [5.74, 6) is 1.72. The van der Waals surface area contributed by atoms with Crippen molar-refractivity contribution in [3.63, 3.8) is 0 Å². The predicted molar refractivity (Wildman–Crippen MR) is 106 cm³/mol. The second-order valence-corrected chi connectivity index (χ2v) is 9.90. The van der Waals surface area contributed by atoms with Crippen molar-refractivity contribution in [1.82, 2.24) is 9.88 Å². The third kappa shape index (κ3) is 3.22. The zero-order chi connectivity index (χ0) is 20.2. The molecule has 1 saturated heterocycles. The zero-order valence-corrected chi connectivity index (χ0v) is 16.7. The Bertz CT molecular complexity index is 1140. The van der Waals surface area contributed by atoms with E-state index in [0.717, 1.165) is 22.4 Å². The van der Waals surface area contributed by atoms with E-state index in [1.807, 2.05) is 24.0 Å². The molecule has 0 N–H and O–H groups in total. The van der Waals surface area contributed by atoms with Crippen LogP contribution in [0.2, 0.25) is 0 Å². The minimum absolute atomic E-state index is 0.0466. The first-order valence-corrected chi connectivity index (χ1v) is 11.3. The smallest absolute Gasteiger partial charge is 0.231 e. The lowest BCUT2D eigenvalue weighted by atomic mass is 9.99. The van der Waals surface area contributed by atoms with Crippen LogP contribution in [0.1, 0.15) is 33.5 Å². The van der Waals surface area contributed by atoms with Crippen molar-refractivity contribution >= 4 is 21.7 Å². The summed E-state index contributed by atoms with van der Waals surface area (Å²) in [7, 11) is -2.97. The maximum absolute atomic E-state index is 12.9. The largest absolute Gasteiger partial charge is 0.477 e. The molecule has 8 heteroatoms. The number of rotatable bonds is 2. The summed E-state index contributed by atoms with van der Waals surface area (Å²) in [4.78, 5) is 19.0. The Kier molecular flexibility index (Phi) is 4.22. The Morgan fingerprint density at radius 2 is 2.17 bits per heavy atom. The number of pyridine rings is 1. The summed E-state index contributed by atoms with van der Waals surface area (Å²) in [5, 5.41) is 0. The number of aromatic nitrogens is 1. The van der Waals surface area contributed by atoms with Crippen molar-refractivity contribution in [3.8, 4) is 11.5 Å². The first kappa shape index (κ1) is 18.3. The fraction of sp³-hybridized carbons (Fsp3) is 0.333. The van der Waals surface area contributed by atoms with Crippen LogP contribution in [0.15, 0.2) is 36.4 Å². The topological polar surface area (TPSA) is 85.8 Å². The van der Waals surface area contributed by atoms with Crippen LogP contribution in [0.3, 0.4) is 0 Å². The number of ether oxygens (including phenoxy) is 2. The average Bonchev–Trinajstić information content (AvgIpc) is 3.23. The molecule has 1 aromatic carbocycles. The molecule has 7 nitrogen and oxygen atoms in total. The van der Waals surface area contributed by atoms with Gasteiger partial charge in [0.25, 0.3) is 0 Å². The van der Waals surface area contributed by atoms with Crippen molar-refractivity contribution in [2.45, 2.75) is 25.9 Å². The number of nitrogens with zero attached hydrogens (tertiary/aromatic N) is 2. The van der Waals surface area contributed by atoms with Gasteiger partial charge in [0.2, 0.25) is 5.78 Å². The number of sulfone groups is 1. The highest BCUT2D eigenvalue weighted by Gasteiger charge is 2.37. The molecule has 2 aromatic rings. The van der Waals surface area contributed by atoms with Gasteiger partial charge in [-0.05, 0) is 37.1 Å². The minimum atomic E-state index is -2.97. The highest BCUT2D eigenvalue weighted by Crippen LogP contribution is 2.43. The lowest BCUT2D eigenvalue weighted by Gasteiger charge is -2.33. The molecule has 4 heterocycles. The molecule has 1 atom stereocenters. The third-order valence-electron chi connectivity index (χ3n) is 5.67. The first-order chi connectivity index (χ1) is 13.9. The molecular weight excluding hydrogens is 392 g/mol. The second-order valence-electron chi connectivity index (χ2n) is 7.67. The molecule has 0 spiro atoms. The molecule has 0 aliphatic carbocycles. The van der Waals surface area contributed by atoms with Gasteiger partial charge in [-0.3, -0.25) is 14.7 Å². The highest BCUT2D eigenvalue weighted by atomic mass is 32.2. The van der Waals surface area contributed by atoms with Crippen LogP contribution in [0.4, 0.5) is 0 Å². The standard InChI is InChI=1S/C21H20N2O5S/c1-13-20-15(10-23(12-27-20)16-4-6-29(25,26)11-16)8-17-19(24)18(28-21(13)17)7-14-3-2-5-22-9-14/h2-3,5,7-9,16H,4,6,10-12H2,1H3/b18-7-. The zero-order valence-electron chi connectivity index (χ0n) is 15.9. The van der Waals surface area contributed by atoms with Gasteiger partial charge in [0.05, 0.1) is 17.1 Å². The number of hydrogen-bond acceptors (Lipinski definition) is 7. The molecule has 1 fully saturated rings. The van der Waals surface area contributed by atoms with Gasteiger partial charge in [0.15, 0.2) is 15.6 Å². The number of allylic oxidation sites excluding steroid dienone is 1. The van der Waals surface area contributed by atoms with Gasteiger partial charge in [-0.2, -0.15) is 0 Å². The van der Waals surface area contributed by atoms with Crippen molar-refractivity contribution in [3.05, 3.63) is 58.6 Å². The number of ketones is 1. The number of benzene rings is 1. The Hall–Kier alpha value is -2.71. The van der Waals surface area contributed by atoms with Gasteiger partial charge in [-0.25, -0.2) is 8.42 Å². The van der Waals surface area contributed by atoms with Crippen LogP contribution < -0.4 is 9.47 Å². The Labute approximate surface area is 168 Å². The molecule has 0 radical (unpaired) electrons. The van der Waals surface area contributed by atoms with E-state index in [-0.39, 0.29) is 29.1 Å². The van der Waals surface area contributed by atoms with Gasteiger partial charge in [0.1, 0.15) is 18.2 Å². The van der Waals surface area contributed by atoms with E-state index in [2.05, 4.69) is 4.98 Å². The molecule has 1 unspecified atom stereocenters. The van der Waals surface area contributed by atoms with E-state index in [4.69, 9.17) is 9.47 Å². The Morgan fingerprint density at radius 3 is 2.90 bits per heavy atom. The van der Waals surface area contributed by atoms with Crippen LogP contribution >= 0.6 is 0 Å².